The molecule has 0 saturated carbocycles. The van der Waals surface area contributed by atoms with Crippen LogP contribution < -0.4 is 5.32 Å². The number of likely N-dealkylation sites (tertiary alicyclic amines) is 1. The van der Waals surface area contributed by atoms with Crippen molar-refractivity contribution in [1.29, 1.82) is 0 Å². The molecule has 1 aromatic heterocycles. The van der Waals surface area contributed by atoms with Crippen LogP contribution in [0.25, 0.3) is 11.6 Å². The number of hydrogen-bond acceptors (Lipinski definition) is 4. The third-order valence-electron chi connectivity index (χ3n) is 6.86. The first-order valence-electron chi connectivity index (χ1n) is 11.4. The van der Waals surface area contributed by atoms with Crippen molar-refractivity contribution >= 4 is 29.2 Å². The van der Waals surface area contributed by atoms with E-state index in [2.05, 4.69) is 29.0 Å². The number of aryl methyl sites for hydroxylation is 1. The summed E-state index contributed by atoms with van der Waals surface area (Å²) < 4.78 is 19.6. The first-order chi connectivity index (χ1) is 15.7. The molecule has 2 aromatic rings. The predicted molar refractivity (Wildman–Crippen MR) is 124 cm³/mol. The molecule has 2 saturated heterocycles. The topological polar surface area (TPSA) is 77.7 Å². The monoisotopic (exact) mass is 452 g/mol. The summed E-state index contributed by atoms with van der Waals surface area (Å²) in [6.07, 6.45) is 2.11. The molecule has 0 aliphatic carbocycles. The first kappa shape index (κ1) is 21.9. The van der Waals surface area contributed by atoms with E-state index in [-0.39, 0.29) is 24.0 Å². The van der Waals surface area contributed by atoms with E-state index >= 15 is 0 Å². The van der Waals surface area contributed by atoms with Crippen molar-refractivity contribution in [2.24, 2.45) is 0 Å². The summed E-state index contributed by atoms with van der Waals surface area (Å²) in [6.45, 7) is 11.1. The standard InChI is InChI=1S/C25H29FN4O3/c1-13-9-29(10-14(2)33-13)18-11-30(12-18)25(32)23-15(3)22(27-16(23)4)8-20-19-7-17(26)5-6-21(19)28-24(20)31/h5-8,13-14,18,27H,9-12H2,1-4H3,(H,28,31)/b20-8-/t13-,14+. The molecule has 0 bridgehead atoms. The lowest BCUT2D eigenvalue weighted by atomic mass is 10.0. The number of ether oxygens (including phenoxy) is 1. The molecular weight excluding hydrogens is 423 g/mol. The highest BCUT2D eigenvalue weighted by Gasteiger charge is 2.39. The largest absolute Gasteiger partial charge is 0.373 e. The normalized spacial score (nSPS) is 24.7. The minimum Gasteiger partial charge on any atom is -0.373 e. The van der Waals surface area contributed by atoms with Crippen LogP contribution in [0.5, 0.6) is 0 Å². The van der Waals surface area contributed by atoms with Gasteiger partial charge in [-0.1, -0.05) is 0 Å². The lowest BCUT2D eigenvalue weighted by Crippen LogP contribution is -2.64. The van der Waals surface area contributed by atoms with Gasteiger partial charge < -0.3 is 19.9 Å². The third kappa shape index (κ3) is 3.87. The molecule has 0 radical (unpaired) electrons. The van der Waals surface area contributed by atoms with Gasteiger partial charge in [-0.2, -0.15) is 0 Å². The zero-order chi connectivity index (χ0) is 23.4. The molecule has 0 unspecified atom stereocenters. The van der Waals surface area contributed by atoms with Gasteiger partial charge in [0.15, 0.2) is 0 Å². The summed E-state index contributed by atoms with van der Waals surface area (Å²) in [7, 11) is 0. The predicted octanol–water partition coefficient (Wildman–Crippen LogP) is 3.20. The molecule has 174 valence electrons. The van der Waals surface area contributed by atoms with Crippen LogP contribution in [0.4, 0.5) is 10.1 Å². The van der Waals surface area contributed by atoms with Gasteiger partial charge in [0.2, 0.25) is 0 Å². The molecule has 0 spiro atoms. The van der Waals surface area contributed by atoms with E-state index in [0.29, 0.717) is 47.2 Å². The molecule has 33 heavy (non-hydrogen) atoms. The number of carbonyl (C=O) groups is 2. The molecule has 3 aliphatic heterocycles. The Kier molecular flexibility index (Phi) is 5.37. The molecule has 8 heteroatoms. The Labute approximate surface area is 192 Å². The van der Waals surface area contributed by atoms with Gasteiger partial charge in [0.05, 0.1) is 23.3 Å². The van der Waals surface area contributed by atoms with E-state index in [9.17, 15) is 14.0 Å². The fraction of sp³-hybridized carbons (Fsp3) is 0.440. The van der Waals surface area contributed by atoms with Crippen molar-refractivity contribution in [3.05, 3.63) is 52.1 Å². The Morgan fingerprint density at radius 2 is 1.85 bits per heavy atom. The minimum absolute atomic E-state index is 0.00109. The van der Waals surface area contributed by atoms with Crippen molar-refractivity contribution in [2.45, 2.75) is 45.9 Å². The number of amides is 2. The zero-order valence-corrected chi connectivity index (χ0v) is 19.4. The lowest BCUT2D eigenvalue weighted by Gasteiger charge is -2.48. The SMILES string of the molecule is Cc1[nH]c(/C=C2\C(=O)Nc3ccc(F)cc32)c(C)c1C(=O)N1CC(N2C[C@@H](C)O[C@@H](C)C2)C1. The number of aromatic nitrogens is 1. The summed E-state index contributed by atoms with van der Waals surface area (Å²) in [4.78, 5) is 33.3. The Bertz CT molecular complexity index is 1150. The van der Waals surface area contributed by atoms with E-state index < -0.39 is 5.82 Å². The van der Waals surface area contributed by atoms with Crippen molar-refractivity contribution in [3.63, 3.8) is 0 Å². The van der Waals surface area contributed by atoms with Crippen LogP contribution in [0.1, 0.15) is 46.7 Å². The summed E-state index contributed by atoms with van der Waals surface area (Å²) >= 11 is 0. The smallest absolute Gasteiger partial charge is 0.256 e. The molecule has 2 atom stereocenters. The average Bonchev–Trinajstić information content (AvgIpc) is 3.15. The molecule has 4 heterocycles. The number of benzene rings is 1. The van der Waals surface area contributed by atoms with Crippen LogP contribution in [0, 0.1) is 19.7 Å². The van der Waals surface area contributed by atoms with Gasteiger partial charge in [-0.3, -0.25) is 14.5 Å². The van der Waals surface area contributed by atoms with Crippen molar-refractivity contribution in [1.82, 2.24) is 14.8 Å². The summed E-state index contributed by atoms with van der Waals surface area (Å²) in [5.41, 5.74) is 4.38. The van der Waals surface area contributed by atoms with Crippen molar-refractivity contribution in [3.8, 4) is 0 Å². The van der Waals surface area contributed by atoms with Gasteiger partial charge in [0.25, 0.3) is 11.8 Å². The number of morpholine rings is 1. The Hall–Kier alpha value is -2.97. The van der Waals surface area contributed by atoms with Crippen LogP contribution in [-0.2, 0) is 9.53 Å². The number of H-pyrrole nitrogens is 1. The highest BCUT2D eigenvalue weighted by Crippen LogP contribution is 2.35. The van der Waals surface area contributed by atoms with Gasteiger partial charge >= 0.3 is 0 Å². The minimum atomic E-state index is -0.400. The first-order valence-corrected chi connectivity index (χ1v) is 11.4. The van der Waals surface area contributed by atoms with E-state index in [4.69, 9.17) is 4.74 Å². The third-order valence-corrected chi connectivity index (χ3v) is 6.86. The van der Waals surface area contributed by atoms with Crippen LogP contribution >= 0.6 is 0 Å². The maximum absolute atomic E-state index is 13.8. The molecule has 5 rings (SSSR count). The van der Waals surface area contributed by atoms with Crippen molar-refractivity contribution in [2.75, 3.05) is 31.5 Å². The van der Waals surface area contributed by atoms with Gasteiger partial charge in [-0.05, 0) is 57.5 Å². The Morgan fingerprint density at radius 1 is 1.15 bits per heavy atom. The van der Waals surface area contributed by atoms with Crippen LogP contribution in [0.3, 0.4) is 0 Å². The Morgan fingerprint density at radius 3 is 2.55 bits per heavy atom. The maximum Gasteiger partial charge on any atom is 0.256 e. The van der Waals surface area contributed by atoms with Crippen LogP contribution in [-0.4, -0.2) is 71.0 Å². The Balaban J connectivity index is 1.34. The fourth-order valence-electron chi connectivity index (χ4n) is 5.21. The lowest BCUT2D eigenvalue weighted by molar-refractivity contribution is -0.110. The van der Waals surface area contributed by atoms with Crippen molar-refractivity contribution < 1.29 is 18.7 Å². The second-order valence-corrected chi connectivity index (χ2v) is 9.44. The highest BCUT2D eigenvalue weighted by atomic mass is 19.1. The molecule has 3 aliphatic rings. The van der Waals surface area contributed by atoms with Gasteiger partial charge in [-0.15, -0.1) is 0 Å². The number of nitrogens with one attached hydrogen (secondary N) is 2. The quantitative estimate of drug-likeness (QED) is 0.702. The highest BCUT2D eigenvalue weighted by molar-refractivity contribution is 6.34. The summed E-state index contributed by atoms with van der Waals surface area (Å²) in [6, 6.07) is 4.59. The number of halogens is 1. The average molecular weight is 453 g/mol. The van der Waals surface area contributed by atoms with E-state index in [1.54, 1.807) is 12.1 Å². The maximum atomic E-state index is 13.8. The second kappa shape index (κ2) is 8.11. The van der Waals surface area contributed by atoms with E-state index in [0.717, 1.165) is 24.3 Å². The molecule has 2 amide bonds. The second-order valence-electron chi connectivity index (χ2n) is 9.44. The summed E-state index contributed by atoms with van der Waals surface area (Å²) in [5, 5.41) is 2.76. The molecule has 1 aromatic carbocycles. The number of rotatable bonds is 3. The zero-order valence-electron chi connectivity index (χ0n) is 19.4. The number of hydrogen-bond donors (Lipinski definition) is 2. The van der Waals surface area contributed by atoms with Crippen LogP contribution in [0.15, 0.2) is 18.2 Å². The number of nitrogens with zero attached hydrogens (tertiary/aromatic N) is 2. The number of fused-ring (bicyclic) bond motifs is 1. The molecular formula is C25H29FN4O3. The molecule has 2 N–H and O–H groups in total. The van der Waals surface area contributed by atoms with E-state index in [1.165, 1.54) is 12.1 Å². The van der Waals surface area contributed by atoms with Gasteiger partial charge in [-0.25, -0.2) is 4.39 Å². The number of anilines is 1. The van der Waals surface area contributed by atoms with Gasteiger partial charge in [0, 0.05) is 54.9 Å². The number of aromatic amines is 1. The van der Waals surface area contributed by atoms with E-state index in [1.807, 2.05) is 18.7 Å². The number of carbonyl (C=O) groups excluding carboxylic acids is 2. The summed E-state index contributed by atoms with van der Waals surface area (Å²) in [5.74, 6) is -0.684. The fourth-order valence-corrected chi connectivity index (χ4v) is 5.21. The molecule has 7 nitrogen and oxygen atoms in total. The van der Waals surface area contributed by atoms with Crippen LogP contribution in [0.2, 0.25) is 0 Å². The molecule has 2 fully saturated rings. The van der Waals surface area contributed by atoms with Gasteiger partial charge in [0.1, 0.15) is 5.82 Å².